The van der Waals surface area contributed by atoms with E-state index in [9.17, 15) is 0 Å². The zero-order valence-corrected chi connectivity index (χ0v) is 15.9. The van der Waals surface area contributed by atoms with Crippen LogP contribution in [0.3, 0.4) is 0 Å². The van der Waals surface area contributed by atoms with Crippen molar-refractivity contribution < 1.29 is 51.0 Å². The van der Waals surface area contributed by atoms with Crippen LogP contribution in [-0.4, -0.2) is 4.57 Å². The van der Waals surface area contributed by atoms with Gasteiger partial charge in [-0.3, -0.25) is 6.08 Å². The number of aromatic nitrogens is 1. The van der Waals surface area contributed by atoms with Crippen molar-refractivity contribution in [1.82, 2.24) is 4.57 Å². The van der Waals surface area contributed by atoms with Crippen LogP contribution < -0.4 is 24.8 Å². The van der Waals surface area contributed by atoms with E-state index in [1.54, 1.807) is 0 Å². The van der Waals surface area contributed by atoms with Gasteiger partial charge in [0.2, 0.25) is 0 Å². The zero-order valence-electron chi connectivity index (χ0n) is 11.9. The Morgan fingerprint density at radius 1 is 0.955 bits per heavy atom. The van der Waals surface area contributed by atoms with E-state index >= 15 is 0 Å². The molecule has 0 aliphatic heterocycles. The van der Waals surface area contributed by atoms with Gasteiger partial charge in [0.05, 0.1) is 0 Å². The fourth-order valence-corrected chi connectivity index (χ4v) is 2.19. The number of benzene rings is 1. The Kier molecular flexibility index (Phi) is 10.3. The Hall–Kier alpha value is -0.947. The van der Waals surface area contributed by atoms with Crippen molar-refractivity contribution in [3.63, 3.8) is 0 Å². The largest absolute Gasteiger partial charge is 4.00 e. The van der Waals surface area contributed by atoms with E-state index in [4.69, 9.17) is 0 Å². The molecule has 1 aliphatic carbocycles. The van der Waals surface area contributed by atoms with Gasteiger partial charge in [0.25, 0.3) is 0 Å². The average molecular weight is 407 g/mol. The predicted molar refractivity (Wildman–Crippen MR) is 80.4 cm³/mol. The molecule has 0 N–H and O–H groups in total. The summed E-state index contributed by atoms with van der Waals surface area (Å²) in [6.07, 6.45) is 14.1. The van der Waals surface area contributed by atoms with Gasteiger partial charge in [-0.1, -0.05) is 47.2 Å². The number of nitrogens with zero attached hydrogens (tertiary/aromatic N) is 1. The number of rotatable bonds is 1. The minimum absolute atomic E-state index is 0. The molecule has 0 unspecified atom stereocenters. The number of hydrogen-bond acceptors (Lipinski definition) is 0. The first-order valence-corrected chi connectivity index (χ1v) is 6.45. The predicted octanol–water partition coefficient (Wildman–Crippen LogP) is -1.34. The molecule has 3 aromatic rings. The molecule has 0 atom stereocenters. The summed E-state index contributed by atoms with van der Waals surface area (Å²) in [5.41, 5.74) is 1.26. The summed E-state index contributed by atoms with van der Waals surface area (Å²) < 4.78 is 2.14. The topological polar surface area (TPSA) is 4.93 Å². The van der Waals surface area contributed by atoms with Crippen LogP contribution in [0, 0.1) is 6.08 Å². The molecule has 0 bridgehead atoms. The van der Waals surface area contributed by atoms with Gasteiger partial charge in [0.1, 0.15) is 0 Å². The van der Waals surface area contributed by atoms with Gasteiger partial charge in [-0.05, 0) is 18.1 Å². The summed E-state index contributed by atoms with van der Waals surface area (Å²) in [4.78, 5) is 0. The molecule has 110 valence electrons. The molecule has 2 aromatic carbocycles. The van der Waals surface area contributed by atoms with E-state index in [1.165, 1.54) is 16.5 Å². The van der Waals surface area contributed by atoms with Crippen LogP contribution in [0.1, 0.15) is 6.42 Å². The molecule has 0 saturated heterocycles. The van der Waals surface area contributed by atoms with Crippen molar-refractivity contribution in [2.24, 2.45) is 0 Å². The molecule has 0 amide bonds. The van der Waals surface area contributed by atoms with Crippen molar-refractivity contribution in [3.8, 4) is 5.69 Å². The maximum absolute atomic E-state index is 2.99. The normalized spacial score (nSPS) is 10.9. The summed E-state index contributed by atoms with van der Waals surface area (Å²) in [7, 11) is 0. The average Bonchev–Trinajstić information content (AvgIpc) is 3.21. The number of allylic oxidation sites excluding steroid dienone is 4. The van der Waals surface area contributed by atoms with E-state index in [1.807, 2.05) is 24.3 Å². The fourth-order valence-electron chi connectivity index (χ4n) is 2.19. The second-order valence-electron chi connectivity index (χ2n) is 4.40. The smallest absolute Gasteiger partial charge is 1.00 e. The standard InChI is InChI=1S/C13H10N.C5H5.2ClH.Zr/c1-2-6-12-11(5-1)7-8-13(12)14-9-3-4-10-14;1-2-4-5-3-1;;;/h1-10H;1-3H,4H2;2*1H;/q2*-1;;;+4/p-2. The Bertz CT molecular complexity index is 702. The SMILES string of the molecule is [C-]1=CC=CC1.[Cl-].[Cl-].[Zr+4].c1ccc2c(c1)cc[c-]2-n1cccc1. The van der Waals surface area contributed by atoms with Crippen molar-refractivity contribution in [2.45, 2.75) is 6.42 Å². The minimum atomic E-state index is 0. The van der Waals surface area contributed by atoms with Gasteiger partial charge in [0.15, 0.2) is 0 Å². The maximum Gasteiger partial charge on any atom is 4.00 e. The molecule has 1 heterocycles. The van der Waals surface area contributed by atoms with Crippen LogP contribution in [0.25, 0.3) is 16.5 Å². The van der Waals surface area contributed by atoms with Crippen LogP contribution in [0.4, 0.5) is 0 Å². The Balaban J connectivity index is 0.000000482. The van der Waals surface area contributed by atoms with Crippen molar-refractivity contribution in [3.05, 3.63) is 85.2 Å². The summed E-state index contributed by atoms with van der Waals surface area (Å²) in [5.74, 6) is 0. The van der Waals surface area contributed by atoms with E-state index in [2.05, 4.69) is 65.5 Å². The van der Waals surface area contributed by atoms with E-state index in [-0.39, 0.29) is 51.0 Å². The van der Waals surface area contributed by atoms with Crippen molar-refractivity contribution in [1.29, 1.82) is 0 Å². The molecule has 1 aromatic heterocycles. The van der Waals surface area contributed by atoms with Gasteiger partial charge in [-0.25, -0.2) is 12.2 Å². The molecular formula is C18H15Cl2NZr. The molecule has 4 heteroatoms. The van der Waals surface area contributed by atoms with Gasteiger partial charge < -0.3 is 29.4 Å². The zero-order chi connectivity index (χ0) is 12.9. The third-order valence-corrected chi connectivity index (χ3v) is 3.13. The monoisotopic (exact) mass is 405 g/mol. The summed E-state index contributed by atoms with van der Waals surface area (Å²) >= 11 is 0. The van der Waals surface area contributed by atoms with Crippen molar-refractivity contribution >= 4 is 10.8 Å². The molecule has 0 saturated carbocycles. The first-order valence-electron chi connectivity index (χ1n) is 6.45. The fraction of sp³-hybridized carbons (Fsp3) is 0.0556. The van der Waals surface area contributed by atoms with Crippen LogP contribution >= 0.6 is 0 Å². The van der Waals surface area contributed by atoms with Crippen molar-refractivity contribution in [2.75, 3.05) is 0 Å². The molecule has 1 aliphatic rings. The molecule has 1 nitrogen and oxygen atoms in total. The molecule has 4 rings (SSSR count). The van der Waals surface area contributed by atoms with Gasteiger partial charge in [-0.2, -0.15) is 6.08 Å². The third-order valence-electron chi connectivity index (χ3n) is 3.13. The van der Waals surface area contributed by atoms with Crippen LogP contribution in [-0.2, 0) is 26.2 Å². The van der Waals surface area contributed by atoms with Crippen LogP contribution in [0.5, 0.6) is 0 Å². The Morgan fingerprint density at radius 2 is 1.68 bits per heavy atom. The summed E-state index contributed by atoms with van der Waals surface area (Å²) in [5, 5.41) is 2.61. The molecule has 0 radical (unpaired) electrons. The van der Waals surface area contributed by atoms with Gasteiger partial charge in [0, 0.05) is 0 Å². The van der Waals surface area contributed by atoms with Gasteiger partial charge in [-0.15, -0.1) is 18.6 Å². The Labute approximate surface area is 163 Å². The summed E-state index contributed by atoms with van der Waals surface area (Å²) in [6.45, 7) is 0. The molecule has 0 fully saturated rings. The van der Waals surface area contributed by atoms with Crippen LogP contribution in [0.15, 0.2) is 79.2 Å². The quantitative estimate of drug-likeness (QED) is 0.441. The van der Waals surface area contributed by atoms with Gasteiger partial charge >= 0.3 is 26.2 Å². The number of halogens is 2. The molecule has 0 spiro atoms. The summed E-state index contributed by atoms with van der Waals surface area (Å²) in [6, 6.07) is 16.9. The minimum Gasteiger partial charge on any atom is -1.00 e. The first-order chi connectivity index (χ1) is 9.45. The second kappa shape index (κ2) is 10.7. The number of hydrogen-bond donors (Lipinski definition) is 0. The number of fused-ring (bicyclic) bond motifs is 1. The Morgan fingerprint density at radius 3 is 2.27 bits per heavy atom. The molecular weight excluding hydrogens is 392 g/mol. The third kappa shape index (κ3) is 5.05. The van der Waals surface area contributed by atoms with E-state index < -0.39 is 0 Å². The van der Waals surface area contributed by atoms with Crippen LogP contribution in [0.2, 0.25) is 0 Å². The molecule has 22 heavy (non-hydrogen) atoms. The van der Waals surface area contributed by atoms with E-state index in [0.717, 1.165) is 6.42 Å². The first kappa shape index (κ1) is 21.1. The maximum atomic E-state index is 2.99. The van der Waals surface area contributed by atoms with E-state index in [0.29, 0.717) is 0 Å². The second-order valence-corrected chi connectivity index (χ2v) is 4.40.